The van der Waals surface area contributed by atoms with Crippen LogP contribution in [0.3, 0.4) is 0 Å². The van der Waals surface area contributed by atoms with E-state index in [9.17, 15) is 9.18 Å². The molecule has 1 N–H and O–H groups in total. The molecule has 0 spiro atoms. The molecule has 22 heavy (non-hydrogen) atoms. The van der Waals surface area contributed by atoms with Gasteiger partial charge >= 0.3 is 5.97 Å². The number of carbonyl (C=O) groups excluding carboxylic acids is 1. The van der Waals surface area contributed by atoms with E-state index < -0.39 is 17.9 Å². The Morgan fingerprint density at radius 1 is 1.59 bits per heavy atom. The zero-order valence-corrected chi connectivity index (χ0v) is 14.1. The molecule has 0 aromatic carbocycles. The van der Waals surface area contributed by atoms with E-state index in [4.69, 9.17) is 4.74 Å². The third-order valence-electron chi connectivity index (χ3n) is 3.39. The van der Waals surface area contributed by atoms with E-state index in [0.717, 1.165) is 11.3 Å². The third-order valence-corrected chi connectivity index (χ3v) is 4.14. The Morgan fingerprint density at radius 2 is 2.27 bits per heavy atom. The molecular formula is C15H22FN3O2S. The Bertz CT molecular complexity index is 543. The van der Waals surface area contributed by atoms with Crippen molar-refractivity contribution in [1.82, 2.24) is 4.98 Å². The highest BCUT2D eigenvalue weighted by molar-refractivity contribution is 7.13. The van der Waals surface area contributed by atoms with Crippen molar-refractivity contribution >= 4 is 28.4 Å². The van der Waals surface area contributed by atoms with Crippen LogP contribution in [0, 0.1) is 17.8 Å². The normalized spacial score (nSPS) is 14.5. The molecule has 5 nitrogen and oxygen atoms in total. The van der Waals surface area contributed by atoms with Crippen LogP contribution in [0.4, 0.5) is 9.52 Å². The van der Waals surface area contributed by atoms with Gasteiger partial charge in [-0.2, -0.15) is 4.39 Å². The summed E-state index contributed by atoms with van der Waals surface area (Å²) >= 11 is 1.16. The van der Waals surface area contributed by atoms with Gasteiger partial charge in [-0.1, -0.05) is 26.8 Å². The second-order valence-corrected chi connectivity index (χ2v) is 6.03. The van der Waals surface area contributed by atoms with Crippen molar-refractivity contribution in [3.05, 3.63) is 23.7 Å². The Hall–Kier alpha value is -1.76. The maximum absolute atomic E-state index is 14.2. The van der Waals surface area contributed by atoms with E-state index in [1.807, 2.05) is 20.8 Å². The van der Waals surface area contributed by atoms with Crippen LogP contribution in [0.1, 0.15) is 38.2 Å². The van der Waals surface area contributed by atoms with Gasteiger partial charge in [-0.25, -0.2) is 9.78 Å². The van der Waals surface area contributed by atoms with E-state index in [1.54, 1.807) is 13.0 Å². The lowest BCUT2D eigenvalue weighted by atomic mass is 9.85. The molecule has 0 saturated heterocycles. The molecule has 0 bridgehead atoms. The number of nitrogens with one attached hydrogen (secondary N) is 1. The zero-order valence-electron chi connectivity index (χ0n) is 13.3. The lowest BCUT2D eigenvalue weighted by Crippen LogP contribution is -2.21. The number of rotatable bonds is 8. The number of halogens is 1. The molecule has 0 aliphatic heterocycles. The first-order valence-electron chi connectivity index (χ1n) is 7.14. The van der Waals surface area contributed by atoms with Crippen LogP contribution in [0.5, 0.6) is 0 Å². The molecule has 1 rings (SSSR count). The number of nitrogens with zero attached hydrogens (tertiary/aromatic N) is 2. The standard InChI is InChI=1S/C15H22FN3O2S/c1-6-11(10(5)9(3)4)13(16)18-19-15-17-12(8-22-15)14(20)21-7-2/h6,8-11H,1,7H2,2-5H3,(H,17,19)/t10-,11+/m1/s1. The third kappa shape index (κ3) is 4.91. The van der Waals surface area contributed by atoms with Crippen molar-refractivity contribution in [2.45, 2.75) is 27.7 Å². The highest BCUT2D eigenvalue weighted by Crippen LogP contribution is 2.24. The van der Waals surface area contributed by atoms with Crippen LogP contribution in [-0.4, -0.2) is 23.5 Å². The lowest BCUT2D eigenvalue weighted by molar-refractivity contribution is 0.0520. The largest absolute Gasteiger partial charge is 0.461 e. The van der Waals surface area contributed by atoms with Crippen LogP contribution in [0.25, 0.3) is 0 Å². The Labute approximate surface area is 134 Å². The highest BCUT2D eigenvalue weighted by atomic mass is 32.1. The summed E-state index contributed by atoms with van der Waals surface area (Å²) in [6, 6.07) is 0. The predicted octanol–water partition coefficient (Wildman–Crippen LogP) is 4.11. The minimum absolute atomic E-state index is 0.0782. The van der Waals surface area contributed by atoms with Crippen molar-refractivity contribution in [2.75, 3.05) is 12.0 Å². The lowest BCUT2D eigenvalue weighted by Gasteiger charge is -2.21. The maximum atomic E-state index is 14.2. The summed E-state index contributed by atoms with van der Waals surface area (Å²) in [4.78, 5) is 15.5. The summed E-state index contributed by atoms with van der Waals surface area (Å²) in [7, 11) is 0. The second kappa shape index (κ2) is 8.63. The number of hydrogen-bond acceptors (Lipinski definition) is 6. The van der Waals surface area contributed by atoms with Crippen molar-refractivity contribution < 1.29 is 13.9 Å². The number of hydrogen-bond donors (Lipinski definition) is 1. The summed E-state index contributed by atoms with van der Waals surface area (Å²) in [6.07, 6.45) is 1.55. The van der Waals surface area contributed by atoms with E-state index in [1.165, 1.54) is 5.38 Å². The van der Waals surface area contributed by atoms with Crippen molar-refractivity contribution in [2.24, 2.45) is 22.9 Å². The van der Waals surface area contributed by atoms with Crippen LogP contribution in [0.2, 0.25) is 0 Å². The Morgan fingerprint density at radius 3 is 2.82 bits per heavy atom. The van der Waals surface area contributed by atoms with Gasteiger partial charge < -0.3 is 4.74 Å². The first kappa shape index (κ1) is 18.3. The van der Waals surface area contributed by atoms with Crippen LogP contribution in [0.15, 0.2) is 23.1 Å². The quantitative estimate of drug-likeness (QED) is 0.338. The monoisotopic (exact) mass is 327 g/mol. The number of hydrazone groups is 1. The fourth-order valence-electron chi connectivity index (χ4n) is 1.74. The number of ether oxygens (including phenoxy) is 1. The summed E-state index contributed by atoms with van der Waals surface area (Å²) in [5.41, 5.74) is 2.72. The van der Waals surface area contributed by atoms with Gasteiger partial charge in [0, 0.05) is 5.38 Å². The van der Waals surface area contributed by atoms with Gasteiger partial charge in [0.15, 0.2) is 5.69 Å². The van der Waals surface area contributed by atoms with Crippen molar-refractivity contribution in [1.29, 1.82) is 0 Å². The molecule has 0 saturated carbocycles. The molecule has 122 valence electrons. The Kier molecular flexibility index (Phi) is 7.17. The minimum atomic E-state index is -0.552. The van der Waals surface area contributed by atoms with Crippen LogP contribution in [-0.2, 0) is 4.74 Å². The van der Waals surface area contributed by atoms with Gasteiger partial charge in [-0.15, -0.1) is 23.0 Å². The number of allylic oxidation sites excluding steroid dienone is 1. The zero-order chi connectivity index (χ0) is 16.7. The molecule has 7 heteroatoms. The van der Waals surface area contributed by atoms with Gasteiger partial charge in [0.05, 0.1) is 12.5 Å². The maximum Gasteiger partial charge on any atom is 0.357 e. The number of anilines is 1. The molecule has 0 radical (unpaired) electrons. The average Bonchev–Trinajstić information content (AvgIpc) is 2.95. The molecule has 0 unspecified atom stereocenters. The molecular weight excluding hydrogens is 305 g/mol. The number of thiazole rings is 1. The van der Waals surface area contributed by atoms with E-state index in [2.05, 4.69) is 22.1 Å². The first-order valence-corrected chi connectivity index (χ1v) is 8.02. The topological polar surface area (TPSA) is 63.6 Å². The molecule has 1 aromatic heterocycles. The van der Waals surface area contributed by atoms with E-state index >= 15 is 0 Å². The molecule has 0 aliphatic rings. The predicted molar refractivity (Wildman–Crippen MR) is 87.9 cm³/mol. The van der Waals surface area contributed by atoms with Gasteiger partial charge in [0.25, 0.3) is 0 Å². The highest BCUT2D eigenvalue weighted by Gasteiger charge is 2.23. The molecule has 0 fully saturated rings. The van der Waals surface area contributed by atoms with Crippen LogP contribution < -0.4 is 5.43 Å². The van der Waals surface area contributed by atoms with Gasteiger partial charge in [-0.3, -0.25) is 5.43 Å². The molecule has 2 atom stereocenters. The summed E-state index contributed by atoms with van der Waals surface area (Å²) in [5, 5.41) is 5.58. The van der Waals surface area contributed by atoms with Crippen molar-refractivity contribution in [3.63, 3.8) is 0 Å². The number of aromatic nitrogens is 1. The second-order valence-electron chi connectivity index (χ2n) is 5.17. The van der Waals surface area contributed by atoms with Gasteiger partial charge in [-0.05, 0) is 18.8 Å². The van der Waals surface area contributed by atoms with E-state index in [-0.39, 0.29) is 18.2 Å². The SMILES string of the molecule is C=C[C@H](C(F)=NNc1nc(C(=O)OCC)cs1)[C@H](C)C(C)C. The van der Waals surface area contributed by atoms with Gasteiger partial charge in [0.2, 0.25) is 11.1 Å². The minimum Gasteiger partial charge on any atom is -0.461 e. The average molecular weight is 327 g/mol. The fourth-order valence-corrected chi connectivity index (χ4v) is 2.36. The first-order chi connectivity index (χ1) is 10.4. The van der Waals surface area contributed by atoms with Crippen LogP contribution >= 0.6 is 11.3 Å². The molecule has 0 aliphatic carbocycles. The summed E-state index contributed by atoms with van der Waals surface area (Å²) in [5.74, 6) is -1.14. The summed E-state index contributed by atoms with van der Waals surface area (Å²) in [6.45, 7) is 11.7. The molecule has 0 amide bonds. The molecule has 1 heterocycles. The number of esters is 1. The smallest absolute Gasteiger partial charge is 0.357 e. The van der Waals surface area contributed by atoms with Gasteiger partial charge in [0.1, 0.15) is 0 Å². The van der Waals surface area contributed by atoms with E-state index in [0.29, 0.717) is 11.0 Å². The fraction of sp³-hybridized carbons (Fsp3) is 0.533. The molecule has 1 aromatic rings. The van der Waals surface area contributed by atoms with Crippen molar-refractivity contribution in [3.8, 4) is 0 Å². The number of carbonyl (C=O) groups is 1. The Balaban J connectivity index is 2.74. The summed E-state index contributed by atoms with van der Waals surface area (Å²) < 4.78 is 19.0.